The van der Waals surface area contributed by atoms with Crippen molar-refractivity contribution in [1.29, 1.82) is 0 Å². The number of ether oxygens (including phenoxy) is 1. The van der Waals surface area contributed by atoms with Crippen molar-refractivity contribution in [3.63, 3.8) is 0 Å². The molecular formula is C21H17N5O4S. The van der Waals surface area contributed by atoms with Gasteiger partial charge in [-0.15, -0.1) is 0 Å². The molecule has 5 aromatic rings. The fraction of sp³-hybridized carbons (Fsp3) is 0.143. The van der Waals surface area contributed by atoms with Crippen LogP contribution in [0.4, 0.5) is 0 Å². The van der Waals surface area contributed by atoms with Crippen LogP contribution < -0.4 is 10.3 Å². The number of aliphatic hydroxyl groups excluding tert-OH is 1. The van der Waals surface area contributed by atoms with Gasteiger partial charge in [-0.3, -0.25) is 4.79 Å². The molecule has 9 nitrogen and oxygen atoms in total. The molecule has 0 unspecified atom stereocenters. The van der Waals surface area contributed by atoms with E-state index in [0.29, 0.717) is 34.2 Å². The predicted octanol–water partition coefficient (Wildman–Crippen LogP) is 2.82. The average Bonchev–Trinajstić information content (AvgIpc) is 3.55. The summed E-state index contributed by atoms with van der Waals surface area (Å²) in [5.41, 5.74) is 2.62. The summed E-state index contributed by atoms with van der Waals surface area (Å²) in [7, 11) is 1.59. The van der Waals surface area contributed by atoms with E-state index in [9.17, 15) is 9.90 Å². The van der Waals surface area contributed by atoms with E-state index in [1.165, 1.54) is 9.08 Å². The van der Waals surface area contributed by atoms with Gasteiger partial charge >= 0.3 is 0 Å². The molecule has 0 bridgehead atoms. The number of rotatable bonds is 6. The van der Waals surface area contributed by atoms with Crippen LogP contribution in [0.3, 0.4) is 0 Å². The van der Waals surface area contributed by atoms with Crippen molar-refractivity contribution in [2.24, 2.45) is 0 Å². The maximum Gasteiger partial charge on any atom is 0.277 e. The highest BCUT2D eigenvalue weighted by atomic mass is 32.1. The highest BCUT2D eigenvalue weighted by Crippen LogP contribution is 2.26. The van der Waals surface area contributed by atoms with Crippen molar-refractivity contribution in [2.75, 3.05) is 7.11 Å². The first-order chi connectivity index (χ1) is 15.2. The monoisotopic (exact) mass is 435 g/mol. The van der Waals surface area contributed by atoms with Crippen LogP contribution in [0.1, 0.15) is 11.5 Å². The first-order valence-electron chi connectivity index (χ1n) is 9.39. The average molecular weight is 435 g/mol. The maximum absolute atomic E-state index is 13.2. The minimum atomic E-state index is -0.326. The van der Waals surface area contributed by atoms with Crippen LogP contribution in [0.2, 0.25) is 0 Å². The standard InChI is InChI=1S/C21H17N5O4S/c1-29-15-4-2-13(3-5-15)18-16(11-27)19-21(28)25(7-8-26(19)23-18)10-17-22-20(24-30-17)14-6-9-31-12-14/h2-9,12,27H,10-11H2,1H3. The van der Waals surface area contributed by atoms with Gasteiger partial charge in [-0.2, -0.15) is 21.4 Å². The van der Waals surface area contributed by atoms with Gasteiger partial charge in [0.25, 0.3) is 5.56 Å². The first-order valence-corrected chi connectivity index (χ1v) is 10.3. The van der Waals surface area contributed by atoms with Gasteiger partial charge < -0.3 is 18.9 Å². The van der Waals surface area contributed by atoms with Crippen molar-refractivity contribution in [1.82, 2.24) is 24.3 Å². The minimum Gasteiger partial charge on any atom is -0.497 e. The number of hydrogen-bond donors (Lipinski definition) is 1. The molecule has 0 fully saturated rings. The Kier molecular flexibility index (Phi) is 4.85. The molecular weight excluding hydrogens is 418 g/mol. The molecule has 0 saturated carbocycles. The third-order valence-corrected chi connectivity index (χ3v) is 5.62. The molecule has 1 N–H and O–H groups in total. The van der Waals surface area contributed by atoms with Crippen LogP contribution in [0.25, 0.3) is 28.2 Å². The van der Waals surface area contributed by atoms with E-state index < -0.39 is 0 Å². The Labute approximate surface area is 179 Å². The highest BCUT2D eigenvalue weighted by Gasteiger charge is 2.19. The van der Waals surface area contributed by atoms with Gasteiger partial charge in [0.1, 0.15) is 17.8 Å². The van der Waals surface area contributed by atoms with Crippen LogP contribution >= 0.6 is 11.3 Å². The summed E-state index contributed by atoms with van der Waals surface area (Å²) < 4.78 is 13.4. The zero-order valence-electron chi connectivity index (χ0n) is 16.4. The van der Waals surface area contributed by atoms with Crippen molar-refractivity contribution in [3.8, 4) is 28.4 Å². The Bertz CT molecular complexity index is 1400. The van der Waals surface area contributed by atoms with Crippen molar-refractivity contribution in [3.05, 3.63) is 75.3 Å². The largest absolute Gasteiger partial charge is 0.497 e. The zero-order chi connectivity index (χ0) is 21.4. The van der Waals surface area contributed by atoms with Crippen LogP contribution in [0.15, 0.2) is 62.8 Å². The fourth-order valence-corrected chi connectivity index (χ4v) is 4.01. The lowest BCUT2D eigenvalue weighted by Crippen LogP contribution is -2.22. The van der Waals surface area contributed by atoms with Crippen molar-refractivity contribution >= 4 is 16.9 Å². The maximum atomic E-state index is 13.2. The molecule has 0 spiro atoms. The Morgan fingerprint density at radius 3 is 2.71 bits per heavy atom. The van der Waals surface area contributed by atoms with E-state index >= 15 is 0 Å². The smallest absolute Gasteiger partial charge is 0.277 e. The second-order valence-corrected chi connectivity index (χ2v) is 7.54. The first kappa shape index (κ1) is 19.2. The molecule has 4 heterocycles. The quantitative estimate of drug-likeness (QED) is 0.437. The van der Waals surface area contributed by atoms with E-state index in [2.05, 4.69) is 15.2 Å². The Morgan fingerprint density at radius 2 is 2.00 bits per heavy atom. The summed E-state index contributed by atoms with van der Waals surface area (Å²) >= 11 is 1.54. The summed E-state index contributed by atoms with van der Waals surface area (Å²) in [6, 6.07) is 9.18. The van der Waals surface area contributed by atoms with Gasteiger partial charge in [0, 0.05) is 34.5 Å². The van der Waals surface area contributed by atoms with Gasteiger partial charge in [0.2, 0.25) is 11.7 Å². The normalized spacial score (nSPS) is 11.3. The molecule has 0 radical (unpaired) electrons. The van der Waals surface area contributed by atoms with E-state index in [0.717, 1.165) is 11.1 Å². The minimum absolute atomic E-state index is 0.111. The van der Waals surface area contributed by atoms with E-state index in [-0.39, 0.29) is 18.7 Å². The SMILES string of the molecule is COc1ccc(-c2nn3ccn(Cc4nc(-c5ccsc5)no4)c(=O)c3c2CO)cc1. The van der Waals surface area contributed by atoms with Crippen molar-refractivity contribution in [2.45, 2.75) is 13.2 Å². The summed E-state index contributed by atoms with van der Waals surface area (Å²) in [4.78, 5) is 17.5. The molecule has 0 amide bonds. The Balaban J connectivity index is 1.54. The summed E-state index contributed by atoms with van der Waals surface area (Å²) in [5, 5.41) is 22.4. The number of fused-ring (bicyclic) bond motifs is 1. The summed E-state index contributed by atoms with van der Waals surface area (Å²) in [6.07, 6.45) is 3.27. The molecule has 0 aliphatic carbocycles. The van der Waals surface area contributed by atoms with Crippen molar-refractivity contribution < 1.29 is 14.4 Å². The Morgan fingerprint density at radius 1 is 1.16 bits per heavy atom. The fourth-order valence-electron chi connectivity index (χ4n) is 3.38. The van der Waals surface area contributed by atoms with Gasteiger partial charge in [-0.25, -0.2) is 4.52 Å². The third kappa shape index (κ3) is 3.41. The second-order valence-electron chi connectivity index (χ2n) is 6.76. The Hall–Kier alpha value is -3.76. The van der Waals surface area contributed by atoms with Crippen LogP contribution in [-0.2, 0) is 13.2 Å². The molecule has 0 atom stereocenters. The van der Waals surface area contributed by atoms with E-state index in [1.807, 2.05) is 29.0 Å². The van der Waals surface area contributed by atoms with E-state index in [1.54, 1.807) is 43.0 Å². The zero-order valence-corrected chi connectivity index (χ0v) is 17.2. The second kappa shape index (κ2) is 7.82. The molecule has 156 valence electrons. The molecule has 0 saturated heterocycles. The van der Waals surface area contributed by atoms with Crippen LogP contribution in [0, 0.1) is 0 Å². The van der Waals surface area contributed by atoms with Crippen LogP contribution in [0.5, 0.6) is 5.75 Å². The molecule has 31 heavy (non-hydrogen) atoms. The number of thiophene rings is 1. The number of nitrogens with zero attached hydrogens (tertiary/aromatic N) is 5. The molecule has 0 aliphatic rings. The molecule has 4 aromatic heterocycles. The molecule has 0 aliphatic heterocycles. The number of aromatic nitrogens is 5. The lowest BCUT2D eigenvalue weighted by atomic mass is 10.1. The molecule has 10 heteroatoms. The van der Waals surface area contributed by atoms with Gasteiger partial charge in [0.05, 0.1) is 19.4 Å². The number of benzene rings is 1. The number of methoxy groups -OCH3 is 1. The molecule has 1 aromatic carbocycles. The van der Waals surface area contributed by atoms with Crippen LogP contribution in [-0.4, -0.2) is 36.5 Å². The van der Waals surface area contributed by atoms with Gasteiger partial charge in [0.15, 0.2) is 0 Å². The van der Waals surface area contributed by atoms with E-state index in [4.69, 9.17) is 9.26 Å². The summed E-state index contributed by atoms with van der Waals surface area (Å²) in [5.74, 6) is 1.50. The van der Waals surface area contributed by atoms with Gasteiger partial charge in [-0.05, 0) is 35.7 Å². The molecule has 5 rings (SSSR count). The highest BCUT2D eigenvalue weighted by molar-refractivity contribution is 7.08. The topological polar surface area (TPSA) is 108 Å². The number of hydrogen-bond acceptors (Lipinski definition) is 8. The summed E-state index contributed by atoms with van der Waals surface area (Å²) in [6.45, 7) is -0.215. The number of aliphatic hydroxyl groups is 1. The van der Waals surface area contributed by atoms with Gasteiger partial charge in [-0.1, -0.05) is 5.16 Å². The third-order valence-electron chi connectivity index (χ3n) is 4.93. The lowest BCUT2D eigenvalue weighted by Gasteiger charge is -2.04. The lowest BCUT2D eigenvalue weighted by molar-refractivity contribution is 0.283. The predicted molar refractivity (Wildman–Crippen MR) is 114 cm³/mol.